The Morgan fingerprint density at radius 1 is 0.675 bits per heavy atom. The number of fused-ring (bicyclic) bond motifs is 5. The SMILES string of the molecule is CO[C@@H]1[C@@H](O)[C@H](O[C@@H]2[C@@H](C)O[C@@H](O[C@H]3CC[C@@]4(C)[C@@H](CC[C@@H]5[C@@H]4C[C@@H](OC(C)=O)[C@]4(C)[C@](O)([C@H](C)OC(=O)c6ccccc6)CC[C@]54O)C3)C[C@H]2OC)O[C@H](C)[C@H]1O[C@@H]1O[C@H](CO[C@@H]2O[C@H](CO)[C@@H](O)[C@H](O)[C@H]2O)[C@@H](O)[C@H](O)[C@H]1O. The minimum Gasteiger partial charge on any atom is -0.462 e. The summed E-state index contributed by atoms with van der Waals surface area (Å²) in [6.07, 6.45) is -22.4. The fourth-order valence-corrected chi connectivity index (χ4v) is 15.4. The van der Waals surface area contributed by atoms with Gasteiger partial charge in [-0.3, -0.25) is 4.79 Å². The first-order valence-electron chi connectivity index (χ1n) is 28.4. The van der Waals surface area contributed by atoms with Crippen LogP contribution in [0.4, 0.5) is 0 Å². The molecule has 9 rings (SSSR count). The fourth-order valence-electron chi connectivity index (χ4n) is 15.4. The van der Waals surface area contributed by atoms with Gasteiger partial charge in [-0.15, -0.1) is 0 Å². The lowest BCUT2D eigenvalue weighted by Crippen LogP contribution is -2.72. The van der Waals surface area contributed by atoms with E-state index >= 15 is 0 Å². The Bertz CT molecular complexity index is 2250. The molecule has 4 aliphatic carbocycles. The maximum atomic E-state index is 13.3. The Morgan fingerprint density at radius 2 is 1.31 bits per heavy atom. The lowest BCUT2D eigenvalue weighted by molar-refractivity contribution is -0.374. The molecule has 24 nitrogen and oxygen atoms in total. The third kappa shape index (κ3) is 11.0. The number of aliphatic hydroxyl groups is 10. The van der Waals surface area contributed by atoms with Gasteiger partial charge in [0.15, 0.2) is 25.2 Å². The molecule has 0 unspecified atom stereocenters. The largest absolute Gasteiger partial charge is 0.462 e. The van der Waals surface area contributed by atoms with Gasteiger partial charge >= 0.3 is 11.9 Å². The van der Waals surface area contributed by atoms with Crippen molar-refractivity contribution in [2.45, 2.75) is 246 Å². The summed E-state index contributed by atoms with van der Waals surface area (Å²) in [5.41, 5.74) is -4.44. The van der Waals surface area contributed by atoms with Gasteiger partial charge in [-0.1, -0.05) is 32.0 Å². The maximum absolute atomic E-state index is 13.3. The van der Waals surface area contributed by atoms with Crippen LogP contribution in [0.15, 0.2) is 30.3 Å². The highest BCUT2D eigenvalue weighted by Gasteiger charge is 2.77. The summed E-state index contributed by atoms with van der Waals surface area (Å²) in [7, 11) is 2.87. The quantitative estimate of drug-likeness (QED) is 0.0751. The topological polar surface area (TPSA) is 347 Å². The van der Waals surface area contributed by atoms with Crippen LogP contribution in [0.2, 0.25) is 0 Å². The van der Waals surface area contributed by atoms with Crippen LogP contribution in [0.25, 0.3) is 0 Å². The number of esters is 2. The highest BCUT2D eigenvalue weighted by atomic mass is 16.8. The molecule has 0 spiro atoms. The summed E-state index contributed by atoms with van der Waals surface area (Å²) in [4.78, 5) is 26.2. The molecule has 1 aromatic carbocycles. The lowest BCUT2D eigenvalue weighted by Gasteiger charge is -2.66. The number of carbonyl (C=O) groups is 2. The van der Waals surface area contributed by atoms with Crippen molar-refractivity contribution < 1.29 is 117 Å². The van der Waals surface area contributed by atoms with Crippen molar-refractivity contribution >= 4 is 11.9 Å². The Hall–Kier alpha value is -2.64. The first kappa shape index (κ1) is 61.9. The van der Waals surface area contributed by atoms with Gasteiger partial charge < -0.3 is 108 Å². The second-order valence-corrected chi connectivity index (χ2v) is 24.3. The van der Waals surface area contributed by atoms with Crippen molar-refractivity contribution in [3.8, 4) is 0 Å². The van der Waals surface area contributed by atoms with E-state index in [2.05, 4.69) is 6.92 Å². The molecule has 1 aromatic rings. The Balaban J connectivity index is 0.802. The summed E-state index contributed by atoms with van der Waals surface area (Å²) in [5, 5.41) is 111. The van der Waals surface area contributed by atoms with Crippen LogP contribution >= 0.6 is 0 Å². The third-order valence-corrected chi connectivity index (χ3v) is 20.1. The number of hydrogen-bond donors (Lipinski definition) is 10. The van der Waals surface area contributed by atoms with Gasteiger partial charge in [0.25, 0.3) is 0 Å². The van der Waals surface area contributed by atoms with Crippen molar-refractivity contribution in [2.75, 3.05) is 27.4 Å². The standard InChI is InChI=1S/C56H86O24/c1-25-46(79-52-45(65)48(70-8)47(26(2)73-52)80-51-44(64)42(62)40(60)36(78-51)24-71-50-43(63)41(61)39(59)35(23-57)77-50)34(69-7)22-38(72-25)76-31-16-17-53(5)30(20-31)14-15-32-33(53)21-37(75-28(4)58)54(6)55(67,18-19-56(32,54)68)27(3)74-49(66)29-12-10-9-11-13-29/h9-13,25-27,30-48,50-52,57,59-65,67-68H,14-24H2,1-8H3/t25-,26-,27+,30+,31+,32-,33+,34-,35-,36-,37-,38+,39-,40-,41+,42+,43-,44-,45-,46-,47-,48-,50-,51+,52+,53+,54-,55-,56+/m1/s1. The number of ether oxygens (including phenoxy) is 12. The fraction of sp³-hybridized carbons (Fsp3) is 0.857. The zero-order valence-corrected chi connectivity index (χ0v) is 46.8. The molecule has 29 atom stereocenters. The average molecular weight is 1140 g/mol. The van der Waals surface area contributed by atoms with Crippen molar-refractivity contribution in [3.63, 3.8) is 0 Å². The molecular formula is C56H86O24. The number of carbonyl (C=O) groups excluding carboxylic acids is 2. The molecule has 8 fully saturated rings. The summed E-state index contributed by atoms with van der Waals surface area (Å²) in [5.74, 6) is -1.21. The van der Waals surface area contributed by atoms with E-state index < -0.39 is 171 Å². The number of rotatable bonds is 16. The summed E-state index contributed by atoms with van der Waals surface area (Å²) in [6, 6.07) is 8.53. The third-order valence-electron chi connectivity index (χ3n) is 20.1. The van der Waals surface area contributed by atoms with Crippen LogP contribution in [0, 0.1) is 28.6 Å². The number of hydrogen-bond acceptors (Lipinski definition) is 24. The van der Waals surface area contributed by atoms with E-state index in [9.17, 15) is 60.7 Å². The lowest BCUT2D eigenvalue weighted by atomic mass is 9.42. The van der Waals surface area contributed by atoms with Crippen LogP contribution in [0.1, 0.15) is 110 Å². The van der Waals surface area contributed by atoms with E-state index in [1.54, 1.807) is 58.2 Å². The molecule has 24 heteroatoms. The minimum absolute atomic E-state index is 0.0575. The van der Waals surface area contributed by atoms with Gasteiger partial charge in [0.2, 0.25) is 0 Å². The van der Waals surface area contributed by atoms with Crippen molar-refractivity contribution in [1.29, 1.82) is 0 Å². The van der Waals surface area contributed by atoms with E-state index in [1.807, 2.05) is 6.92 Å². The van der Waals surface area contributed by atoms with Crippen LogP contribution < -0.4 is 0 Å². The molecule has 4 saturated heterocycles. The smallest absolute Gasteiger partial charge is 0.338 e. The van der Waals surface area contributed by atoms with Gasteiger partial charge in [-0.05, 0) is 107 Å². The first-order valence-corrected chi connectivity index (χ1v) is 28.4. The highest BCUT2D eigenvalue weighted by Crippen LogP contribution is 2.71. The predicted molar refractivity (Wildman–Crippen MR) is 272 cm³/mol. The molecular weight excluding hydrogens is 1060 g/mol. The highest BCUT2D eigenvalue weighted by molar-refractivity contribution is 5.89. The van der Waals surface area contributed by atoms with Gasteiger partial charge in [0.05, 0.1) is 54.2 Å². The van der Waals surface area contributed by atoms with E-state index in [-0.39, 0.29) is 48.5 Å². The van der Waals surface area contributed by atoms with Crippen LogP contribution in [0.3, 0.4) is 0 Å². The zero-order chi connectivity index (χ0) is 58.0. The first-order chi connectivity index (χ1) is 37.8. The van der Waals surface area contributed by atoms with E-state index in [4.69, 9.17) is 56.8 Å². The minimum atomic E-state index is -1.83. The van der Waals surface area contributed by atoms with Gasteiger partial charge in [-0.2, -0.15) is 0 Å². The monoisotopic (exact) mass is 1140 g/mol. The molecule has 80 heavy (non-hydrogen) atoms. The van der Waals surface area contributed by atoms with Crippen molar-refractivity contribution in [3.05, 3.63) is 35.9 Å². The van der Waals surface area contributed by atoms with Crippen LogP contribution in [-0.4, -0.2) is 237 Å². The van der Waals surface area contributed by atoms with E-state index in [1.165, 1.54) is 14.0 Å². The van der Waals surface area contributed by atoms with Crippen LogP contribution in [-0.2, 0) is 61.6 Å². The second-order valence-electron chi connectivity index (χ2n) is 24.3. The molecule has 4 saturated carbocycles. The summed E-state index contributed by atoms with van der Waals surface area (Å²) in [6.45, 7) is 9.20. The second kappa shape index (κ2) is 24.4. The zero-order valence-electron chi connectivity index (χ0n) is 46.8. The molecule has 0 aromatic heterocycles. The number of benzene rings is 1. The summed E-state index contributed by atoms with van der Waals surface area (Å²) >= 11 is 0. The van der Waals surface area contributed by atoms with Gasteiger partial charge in [0.1, 0.15) is 91.1 Å². The molecule has 10 N–H and O–H groups in total. The Morgan fingerprint density at radius 3 is 1.98 bits per heavy atom. The molecule has 4 heterocycles. The molecule has 0 amide bonds. The molecule has 4 aliphatic heterocycles. The molecule has 454 valence electrons. The van der Waals surface area contributed by atoms with Crippen molar-refractivity contribution in [1.82, 2.24) is 0 Å². The Kier molecular flexibility index (Phi) is 18.9. The number of aliphatic hydroxyl groups excluding tert-OH is 8. The molecule has 0 radical (unpaired) electrons. The maximum Gasteiger partial charge on any atom is 0.338 e. The van der Waals surface area contributed by atoms with Crippen LogP contribution in [0.5, 0.6) is 0 Å². The number of methoxy groups -OCH3 is 2. The summed E-state index contributed by atoms with van der Waals surface area (Å²) < 4.78 is 72.6. The molecule has 0 bridgehead atoms. The van der Waals surface area contributed by atoms with E-state index in [0.29, 0.717) is 24.8 Å². The van der Waals surface area contributed by atoms with Gasteiger partial charge in [0, 0.05) is 27.6 Å². The predicted octanol–water partition coefficient (Wildman–Crippen LogP) is -0.287. The van der Waals surface area contributed by atoms with Gasteiger partial charge in [-0.25, -0.2) is 4.79 Å². The molecule has 8 aliphatic rings. The normalized spacial score (nSPS) is 49.9. The van der Waals surface area contributed by atoms with E-state index in [0.717, 1.165) is 19.3 Å². The van der Waals surface area contributed by atoms with Crippen molar-refractivity contribution in [2.24, 2.45) is 28.6 Å². The Labute approximate surface area is 465 Å². The average Bonchev–Trinajstić information content (AvgIpc) is 2.94.